The minimum atomic E-state index is -4.31. The Labute approximate surface area is 245 Å². The van der Waals surface area contributed by atoms with Crippen molar-refractivity contribution < 1.29 is 28.4 Å². The van der Waals surface area contributed by atoms with Crippen LogP contribution in [0.1, 0.15) is 149 Å². The number of hydrogen-bond donors (Lipinski definition) is 4. The number of phosphoric acid groups is 1. The number of aliphatic hydroxyl groups is 1. The van der Waals surface area contributed by atoms with E-state index in [9.17, 15) is 19.4 Å². The van der Waals surface area contributed by atoms with Crippen molar-refractivity contribution in [3.63, 3.8) is 0 Å². The summed E-state index contributed by atoms with van der Waals surface area (Å²) in [7, 11) is -4.31. The molecule has 0 heterocycles. The molecule has 0 aliphatic rings. The third kappa shape index (κ3) is 26.2. The van der Waals surface area contributed by atoms with Gasteiger partial charge in [-0.1, -0.05) is 135 Å². The van der Waals surface area contributed by atoms with Crippen LogP contribution in [0.5, 0.6) is 0 Å². The van der Waals surface area contributed by atoms with Crippen molar-refractivity contribution in [3.05, 3.63) is 12.2 Å². The largest absolute Gasteiger partial charge is 0.472 e. The maximum absolute atomic E-state index is 12.5. The van der Waals surface area contributed by atoms with Crippen LogP contribution in [0.4, 0.5) is 0 Å². The molecule has 0 bridgehead atoms. The Bertz CT molecular complexity index is 649. The van der Waals surface area contributed by atoms with Crippen LogP contribution in [-0.4, -0.2) is 47.8 Å². The van der Waals surface area contributed by atoms with Crippen molar-refractivity contribution in [2.75, 3.05) is 19.8 Å². The highest BCUT2D eigenvalue weighted by Gasteiger charge is 2.26. The lowest BCUT2D eigenvalue weighted by Gasteiger charge is -2.23. The maximum Gasteiger partial charge on any atom is 0.472 e. The Balaban J connectivity index is 4.41. The normalized spacial score (nSPS) is 14.8. The van der Waals surface area contributed by atoms with Gasteiger partial charge in [0.1, 0.15) is 0 Å². The number of aliphatic hydroxyl groups excluding tert-OH is 1. The minimum Gasteiger partial charge on any atom is -0.387 e. The summed E-state index contributed by atoms with van der Waals surface area (Å²) in [5, 5.41) is 13.5. The van der Waals surface area contributed by atoms with Gasteiger partial charge in [-0.25, -0.2) is 4.57 Å². The standard InChI is InChI=1S/C31H63N2O6P/c1-3-5-7-9-11-13-14-15-16-17-18-20-22-24-30(34)29(28-39-40(36,37)38-27-26-32)33-31(35)25-23-21-19-12-10-8-6-4-2/h22,24,29-30,34H,3-21,23,25-28,32H2,1-2H3,(H,33,35)(H,36,37)/b24-22+/t29-,30+/m0/s1. The van der Waals surface area contributed by atoms with Gasteiger partial charge in [-0.3, -0.25) is 13.8 Å². The van der Waals surface area contributed by atoms with Crippen molar-refractivity contribution >= 4 is 13.7 Å². The lowest BCUT2D eigenvalue weighted by Crippen LogP contribution is -2.45. The lowest BCUT2D eigenvalue weighted by atomic mass is 10.0. The van der Waals surface area contributed by atoms with Crippen molar-refractivity contribution in [3.8, 4) is 0 Å². The monoisotopic (exact) mass is 590 g/mol. The van der Waals surface area contributed by atoms with Crippen molar-refractivity contribution in [1.82, 2.24) is 5.32 Å². The number of nitrogens with two attached hydrogens (primary N) is 1. The van der Waals surface area contributed by atoms with Gasteiger partial charge in [0.25, 0.3) is 0 Å². The van der Waals surface area contributed by atoms with E-state index >= 15 is 0 Å². The molecule has 0 aromatic rings. The fourth-order valence-electron chi connectivity index (χ4n) is 4.60. The molecular formula is C31H63N2O6P. The Morgan fingerprint density at radius 2 is 1.27 bits per heavy atom. The first-order chi connectivity index (χ1) is 19.4. The summed E-state index contributed by atoms with van der Waals surface area (Å²) in [6.07, 6.45) is 26.9. The number of amides is 1. The van der Waals surface area contributed by atoms with Crippen molar-refractivity contribution in [2.24, 2.45) is 5.73 Å². The van der Waals surface area contributed by atoms with Crippen LogP contribution in [0.2, 0.25) is 0 Å². The summed E-state index contributed by atoms with van der Waals surface area (Å²) in [5.74, 6) is -0.201. The quantitative estimate of drug-likeness (QED) is 0.0383. The zero-order chi connectivity index (χ0) is 29.7. The molecule has 5 N–H and O–H groups in total. The smallest absolute Gasteiger partial charge is 0.387 e. The predicted octanol–water partition coefficient (Wildman–Crippen LogP) is 7.71. The number of phosphoric ester groups is 1. The van der Waals surface area contributed by atoms with Crippen molar-refractivity contribution in [1.29, 1.82) is 0 Å². The second kappa shape index (κ2) is 28.4. The first-order valence-corrected chi connectivity index (χ1v) is 17.8. The minimum absolute atomic E-state index is 0.0804. The SMILES string of the molecule is CCCCCCCCCCCCC/C=C/[C@@H](O)[C@H](COP(=O)(O)OCCN)NC(=O)CCCCCCCCCC. The summed E-state index contributed by atoms with van der Waals surface area (Å²) < 4.78 is 21.9. The summed E-state index contributed by atoms with van der Waals surface area (Å²) in [6, 6.07) is -0.850. The highest BCUT2D eigenvalue weighted by molar-refractivity contribution is 7.47. The summed E-state index contributed by atoms with van der Waals surface area (Å²) >= 11 is 0. The summed E-state index contributed by atoms with van der Waals surface area (Å²) in [6.45, 7) is 4.07. The molecule has 0 spiro atoms. The van der Waals surface area contributed by atoms with Crippen molar-refractivity contribution in [2.45, 2.75) is 161 Å². The average molecular weight is 591 g/mol. The van der Waals surface area contributed by atoms with Gasteiger partial charge < -0.3 is 21.1 Å². The molecule has 0 aromatic carbocycles. The van der Waals surface area contributed by atoms with E-state index in [2.05, 4.69) is 19.2 Å². The predicted molar refractivity (Wildman–Crippen MR) is 166 cm³/mol. The molecule has 0 aromatic heterocycles. The molecule has 0 aliphatic heterocycles. The zero-order valence-corrected chi connectivity index (χ0v) is 26.7. The van der Waals surface area contributed by atoms with E-state index in [-0.39, 0.29) is 25.7 Å². The number of carbonyl (C=O) groups excluding carboxylic acids is 1. The van der Waals surface area contributed by atoms with Crippen LogP contribution in [-0.2, 0) is 18.4 Å². The van der Waals surface area contributed by atoms with Crippen LogP contribution in [0.3, 0.4) is 0 Å². The van der Waals surface area contributed by atoms with E-state index in [1.54, 1.807) is 6.08 Å². The Hall–Kier alpha value is -0.760. The van der Waals surface area contributed by atoms with Crippen LogP contribution >= 0.6 is 7.82 Å². The maximum atomic E-state index is 12.5. The molecular weight excluding hydrogens is 527 g/mol. The Morgan fingerprint density at radius 1 is 0.800 bits per heavy atom. The second-order valence-corrected chi connectivity index (χ2v) is 12.5. The van der Waals surface area contributed by atoms with Crippen LogP contribution in [0.15, 0.2) is 12.2 Å². The molecule has 0 rings (SSSR count). The first-order valence-electron chi connectivity index (χ1n) is 16.3. The summed E-state index contributed by atoms with van der Waals surface area (Å²) in [5.41, 5.74) is 5.33. The number of nitrogens with one attached hydrogen (secondary N) is 1. The van der Waals surface area contributed by atoms with Gasteiger partial charge in [0.2, 0.25) is 5.91 Å². The fourth-order valence-corrected chi connectivity index (χ4v) is 5.36. The molecule has 9 heteroatoms. The highest BCUT2D eigenvalue weighted by atomic mass is 31.2. The number of carbonyl (C=O) groups is 1. The van der Waals surface area contributed by atoms with Gasteiger partial charge in [-0.15, -0.1) is 0 Å². The molecule has 0 saturated carbocycles. The van der Waals surface area contributed by atoms with E-state index in [0.29, 0.717) is 6.42 Å². The van der Waals surface area contributed by atoms with Gasteiger partial charge >= 0.3 is 7.82 Å². The molecule has 1 amide bonds. The van der Waals surface area contributed by atoms with Gasteiger partial charge in [0.15, 0.2) is 0 Å². The van der Waals surface area contributed by atoms with Crippen LogP contribution in [0.25, 0.3) is 0 Å². The molecule has 8 nitrogen and oxygen atoms in total. The molecule has 238 valence electrons. The molecule has 0 saturated heterocycles. The summed E-state index contributed by atoms with van der Waals surface area (Å²) in [4.78, 5) is 22.4. The topological polar surface area (TPSA) is 131 Å². The third-order valence-corrected chi connectivity index (χ3v) is 8.10. The van der Waals surface area contributed by atoms with Crippen LogP contribution < -0.4 is 11.1 Å². The van der Waals surface area contributed by atoms with Gasteiger partial charge in [0, 0.05) is 13.0 Å². The van der Waals surface area contributed by atoms with E-state index in [0.717, 1.165) is 38.5 Å². The lowest BCUT2D eigenvalue weighted by molar-refractivity contribution is -0.123. The molecule has 1 unspecified atom stereocenters. The molecule has 0 fully saturated rings. The van der Waals surface area contributed by atoms with Gasteiger partial charge in [-0.05, 0) is 19.3 Å². The third-order valence-electron chi connectivity index (χ3n) is 7.11. The Kier molecular flexibility index (Phi) is 27.8. The molecule has 0 radical (unpaired) electrons. The van der Waals surface area contributed by atoms with Crippen LogP contribution in [0, 0.1) is 0 Å². The Morgan fingerprint density at radius 3 is 1.77 bits per heavy atom. The molecule has 0 aliphatic carbocycles. The molecule has 3 atom stereocenters. The number of allylic oxidation sites excluding steroid dienone is 1. The van der Waals surface area contributed by atoms with E-state index in [4.69, 9.17) is 14.8 Å². The first kappa shape index (κ1) is 39.2. The fraction of sp³-hybridized carbons (Fsp3) is 0.903. The van der Waals surface area contributed by atoms with Gasteiger partial charge in [0.05, 0.1) is 25.4 Å². The highest BCUT2D eigenvalue weighted by Crippen LogP contribution is 2.43. The average Bonchev–Trinajstić information content (AvgIpc) is 2.93. The van der Waals surface area contributed by atoms with Gasteiger partial charge in [-0.2, -0.15) is 0 Å². The van der Waals surface area contributed by atoms with E-state index < -0.39 is 20.0 Å². The zero-order valence-electron chi connectivity index (χ0n) is 25.8. The van der Waals surface area contributed by atoms with E-state index in [1.165, 1.54) is 89.9 Å². The van der Waals surface area contributed by atoms with E-state index in [1.807, 2.05) is 6.08 Å². The number of unbranched alkanes of at least 4 members (excludes halogenated alkanes) is 18. The molecule has 40 heavy (non-hydrogen) atoms. The number of rotatable bonds is 30. The second-order valence-electron chi connectivity index (χ2n) is 11.0. The number of hydrogen-bond acceptors (Lipinski definition) is 6.